The maximum atomic E-state index is 11.2. The SMILES string of the molecule is C/C=C/C(=O)OCC(=O)CC(C)CC. The molecule has 0 N–H and O–H groups in total. The van der Waals surface area contributed by atoms with Crippen LogP contribution in [0.2, 0.25) is 0 Å². The zero-order valence-electron chi connectivity index (χ0n) is 9.08. The summed E-state index contributed by atoms with van der Waals surface area (Å²) >= 11 is 0. The Hall–Kier alpha value is -1.12. The molecule has 80 valence electrons. The van der Waals surface area contributed by atoms with Crippen molar-refractivity contribution < 1.29 is 14.3 Å². The molecule has 0 aliphatic carbocycles. The standard InChI is InChI=1S/C11H18O3/c1-4-6-11(13)14-8-10(12)7-9(3)5-2/h4,6,9H,5,7-8H2,1-3H3/b6-4+. The normalized spacial score (nSPS) is 12.8. The van der Waals surface area contributed by atoms with E-state index in [1.165, 1.54) is 6.08 Å². The lowest BCUT2D eigenvalue weighted by atomic mass is 10.0. The van der Waals surface area contributed by atoms with E-state index in [1.54, 1.807) is 13.0 Å². The van der Waals surface area contributed by atoms with Crippen molar-refractivity contribution in [2.75, 3.05) is 6.61 Å². The Morgan fingerprint density at radius 1 is 1.43 bits per heavy atom. The predicted molar refractivity (Wildman–Crippen MR) is 54.9 cm³/mol. The number of rotatable bonds is 6. The third kappa shape index (κ3) is 6.40. The molecule has 0 radical (unpaired) electrons. The van der Waals surface area contributed by atoms with Crippen LogP contribution in [-0.2, 0) is 14.3 Å². The van der Waals surface area contributed by atoms with Crippen LogP contribution in [0.1, 0.15) is 33.6 Å². The van der Waals surface area contributed by atoms with Gasteiger partial charge in [0.1, 0.15) is 6.61 Å². The first-order valence-electron chi connectivity index (χ1n) is 4.91. The average molecular weight is 198 g/mol. The van der Waals surface area contributed by atoms with Gasteiger partial charge in [0.15, 0.2) is 5.78 Å². The van der Waals surface area contributed by atoms with Gasteiger partial charge < -0.3 is 4.74 Å². The van der Waals surface area contributed by atoms with E-state index in [0.29, 0.717) is 12.3 Å². The molecule has 0 aromatic rings. The van der Waals surface area contributed by atoms with Gasteiger partial charge in [-0.3, -0.25) is 4.79 Å². The van der Waals surface area contributed by atoms with Crippen LogP contribution < -0.4 is 0 Å². The number of hydrogen-bond acceptors (Lipinski definition) is 3. The molecule has 1 unspecified atom stereocenters. The van der Waals surface area contributed by atoms with Crippen LogP contribution >= 0.6 is 0 Å². The summed E-state index contributed by atoms with van der Waals surface area (Å²) in [6, 6.07) is 0. The highest BCUT2D eigenvalue weighted by Crippen LogP contribution is 2.06. The molecule has 3 heteroatoms. The smallest absolute Gasteiger partial charge is 0.330 e. The summed E-state index contributed by atoms with van der Waals surface area (Å²) in [7, 11) is 0. The first-order valence-corrected chi connectivity index (χ1v) is 4.91. The minimum Gasteiger partial charge on any atom is -0.455 e. The number of allylic oxidation sites excluding steroid dienone is 1. The van der Waals surface area contributed by atoms with Gasteiger partial charge in [0.25, 0.3) is 0 Å². The average Bonchev–Trinajstić information content (AvgIpc) is 2.15. The first-order chi connectivity index (χ1) is 6.60. The summed E-state index contributed by atoms with van der Waals surface area (Å²) in [4.78, 5) is 22.1. The van der Waals surface area contributed by atoms with Crippen molar-refractivity contribution >= 4 is 11.8 Å². The van der Waals surface area contributed by atoms with Crippen LogP contribution in [0.3, 0.4) is 0 Å². The molecule has 3 nitrogen and oxygen atoms in total. The maximum Gasteiger partial charge on any atom is 0.330 e. The molecule has 0 rings (SSSR count). The van der Waals surface area contributed by atoms with E-state index in [2.05, 4.69) is 0 Å². The molecule has 0 bridgehead atoms. The van der Waals surface area contributed by atoms with E-state index in [4.69, 9.17) is 4.74 Å². The van der Waals surface area contributed by atoms with Gasteiger partial charge in [0.05, 0.1) is 0 Å². The molecule has 0 saturated carbocycles. The second-order valence-electron chi connectivity index (χ2n) is 3.36. The Morgan fingerprint density at radius 3 is 2.57 bits per heavy atom. The van der Waals surface area contributed by atoms with Crippen LogP contribution in [0.15, 0.2) is 12.2 Å². The summed E-state index contributed by atoms with van der Waals surface area (Å²) in [5, 5.41) is 0. The fourth-order valence-electron chi connectivity index (χ4n) is 0.928. The minimum absolute atomic E-state index is 0.0165. The van der Waals surface area contributed by atoms with Crippen LogP contribution in [0, 0.1) is 5.92 Å². The Balaban J connectivity index is 3.69. The van der Waals surface area contributed by atoms with Crippen molar-refractivity contribution in [2.45, 2.75) is 33.6 Å². The minimum atomic E-state index is -0.454. The largest absolute Gasteiger partial charge is 0.455 e. The third-order valence-corrected chi connectivity index (χ3v) is 1.95. The molecule has 0 fully saturated rings. The number of hydrogen-bond donors (Lipinski definition) is 0. The van der Waals surface area contributed by atoms with Gasteiger partial charge in [-0.1, -0.05) is 26.3 Å². The zero-order chi connectivity index (χ0) is 11.0. The molecule has 0 spiro atoms. The fourth-order valence-corrected chi connectivity index (χ4v) is 0.928. The van der Waals surface area contributed by atoms with Crippen LogP contribution in [-0.4, -0.2) is 18.4 Å². The predicted octanol–water partition coefficient (Wildman–Crippen LogP) is 2.11. The molecule has 1 atom stereocenters. The molecule has 0 aromatic heterocycles. The second-order valence-corrected chi connectivity index (χ2v) is 3.36. The van der Waals surface area contributed by atoms with Gasteiger partial charge in [0.2, 0.25) is 0 Å². The highest BCUT2D eigenvalue weighted by Gasteiger charge is 2.08. The lowest BCUT2D eigenvalue weighted by molar-refractivity contribution is -0.143. The van der Waals surface area contributed by atoms with Gasteiger partial charge in [0, 0.05) is 12.5 Å². The molecule has 0 aromatic carbocycles. The molecular formula is C11H18O3. The Morgan fingerprint density at radius 2 is 2.07 bits per heavy atom. The van der Waals surface area contributed by atoms with E-state index in [0.717, 1.165) is 6.42 Å². The van der Waals surface area contributed by atoms with Crippen LogP contribution in [0.25, 0.3) is 0 Å². The van der Waals surface area contributed by atoms with Crippen molar-refractivity contribution in [1.82, 2.24) is 0 Å². The molecule has 14 heavy (non-hydrogen) atoms. The van der Waals surface area contributed by atoms with Crippen molar-refractivity contribution in [1.29, 1.82) is 0 Å². The van der Waals surface area contributed by atoms with Crippen molar-refractivity contribution in [3.8, 4) is 0 Å². The highest BCUT2D eigenvalue weighted by molar-refractivity contribution is 5.86. The fraction of sp³-hybridized carbons (Fsp3) is 0.636. The number of ether oxygens (including phenoxy) is 1. The Labute approximate surface area is 85.1 Å². The molecule has 0 aliphatic rings. The summed E-state index contributed by atoms with van der Waals surface area (Å²) in [6.45, 7) is 5.66. The molecule has 0 aliphatic heterocycles. The summed E-state index contributed by atoms with van der Waals surface area (Å²) in [6.07, 6.45) is 4.34. The van der Waals surface area contributed by atoms with E-state index >= 15 is 0 Å². The van der Waals surface area contributed by atoms with Gasteiger partial charge in [-0.15, -0.1) is 0 Å². The molecule has 0 heterocycles. The van der Waals surface area contributed by atoms with Gasteiger partial charge in [-0.25, -0.2) is 4.79 Å². The van der Waals surface area contributed by atoms with Crippen molar-refractivity contribution in [3.63, 3.8) is 0 Å². The lowest BCUT2D eigenvalue weighted by Crippen LogP contribution is -2.14. The molecule has 0 saturated heterocycles. The summed E-state index contributed by atoms with van der Waals surface area (Å²) in [5.41, 5.74) is 0. The number of esters is 1. The van der Waals surface area contributed by atoms with E-state index in [9.17, 15) is 9.59 Å². The highest BCUT2D eigenvalue weighted by atomic mass is 16.5. The molecular weight excluding hydrogens is 180 g/mol. The maximum absolute atomic E-state index is 11.2. The first kappa shape index (κ1) is 12.9. The number of ketones is 1. The van der Waals surface area contributed by atoms with E-state index < -0.39 is 5.97 Å². The van der Waals surface area contributed by atoms with Gasteiger partial charge in [-0.2, -0.15) is 0 Å². The summed E-state index contributed by atoms with van der Waals surface area (Å²) in [5.74, 6) is -0.106. The Kier molecular flexibility index (Phi) is 6.72. The Bertz CT molecular complexity index is 219. The van der Waals surface area contributed by atoms with Crippen molar-refractivity contribution in [3.05, 3.63) is 12.2 Å². The number of carbonyl (C=O) groups is 2. The van der Waals surface area contributed by atoms with Gasteiger partial charge in [-0.05, 0) is 12.8 Å². The topological polar surface area (TPSA) is 43.4 Å². The van der Waals surface area contributed by atoms with Crippen LogP contribution in [0.5, 0.6) is 0 Å². The monoisotopic (exact) mass is 198 g/mol. The second kappa shape index (κ2) is 7.30. The van der Waals surface area contributed by atoms with Crippen LogP contribution in [0.4, 0.5) is 0 Å². The quantitative estimate of drug-likeness (QED) is 0.485. The number of carbonyl (C=O) groups excluding carboxylic acids is 2. The van der Waals surface area contributed by atoms with E-state index in [-0.39, 0.29) is 12.4 Å². The summed E-state index contributed by atoms with van der Waals surface area (Å²) < 4.78 is 4.71. The third-order valence-electron chi connectivity index (χ3n) is 1.95. The number of Topliss-reactive ketones (excluding diaryl/α,β-unsaturated/α-hetero) is 1. The van der Waals surface area contributed by atoms with E-state index in [1.807, 2.05) is 13.8 Å². The van der Waals surface area contributed by atoms with Crippen molar-refractivity contribution in [2.24, 2.45) is 5.92 Å². The lowest BCUT2D eigenvalue weighted by Gasteiger charge is -2.06. The zero-order valence-corrected chi connectivity index (χ0v) is 9.08. The molecule has 0 amide bonds. The van der Waals surface area contributed by atoms with Gasteiger partial charge >= 0.3 is 5.97 Å².